The number of hydrogen-bond donors (Lipinski definition) is 2. The zero-order valence-corrected chi connectivity index (χ0v) is 15.0. The number of nitrogens with zero attached hydrogens (tertiary/aromatic N) is 2. The van der Waals surface area contributed by atoms with Crippen LogP contribution in [0.15, 0.2) is 24.5 Å². The standard InChI is InChI=1S/C15H18ClIN4/c1-3-7-18-14-11(4-2)15(20-9-19-14)21-13-6-5-10(16)8-12(13)17/h5-6,8-9H,3-4,7H2,1-2H3,(H2,18,19,20,21). The highest BCUT2D eigenvalue weighted by atomic mass is 127. The number of rotatable bonds is 6. The Bertz CT molecular complexity index is 619. The van der Waals surface area contributed by atoms with E-state index in [0.717, 1.165) is 50.9 Å². The molecule has 0 aliphatic carbocycles. The van der Waals surface area contributed by atoms with Crippen molar-refractivity contribution in [3.05, 3.63) is 38.7 Å². The summed E-state index contributed by atoms with van der Waals surface area (Å²) in [5, 5.41) is 7.46. The van der Waals surface area contributed by atoms with Crippen LogP contribution < -0.4 is 10.6 Å². The largest absolute Gasteiger partial charge is 0.370 e. The second kappa shape index (κ2) is 7.79. The molecule has 2 N–H and O–H groups in total. The lowest BCUT2D eigenvalue weighted by molar-refractivity contribution is 0.949. The van der Waals surface area contributed by atoms with E-state index in [1.807, 2.05) is 18.2 Å². The summed E-state index contributed by atoms with van der Waals surface area (Å²) in [6.07, 6.45) is 3.51. The van der Waals surface area contributed by atoms with Crippen molar-refractivity contribution in [1.29, 1.82) is 0 Å². The first kappa shape index (κ1) is 16.3. The van der Waals surface area contributed by atoms with Gasteiger partial charge in [0.1, 0.15) is 18.0 Å². The van der Waals surface area contributed by atoms with E-state index in [1.54, 1.807) is 6.33 Å². The zero-order chi connectivity index (χ0) is 15.2. The van der Waals surface area contributed by atoms with Crippen molar-refractivity contribution in [3.63, 3.8) is 0 Å². The van der Waals surface area contributed by atoms with Crippen molar-refractivity contribution in [2.24, 2.45) is 0 Å². The molecule has 1 aromatic heterocycles. The quantitative estimate of drug-likeness (QED) is 0.660. The second-order valence-electron chi connectivity index (χ2n) is 4.58. The Labute approximate surface area is 143 Å². The van der Waals surface area contributed by atoms with Crippen LogP contribution in [0.1, 0.15) is 25.8 Å². The summed E-state index contributed by atoms with van der Waals surface area (Å²) >= 11 is 8.25. The number of halogens is 2. The zero-order valence-electron chi connectivity index (χ0n) is 12.1. The van der Waals surface area contributed by atoms with Crippen LogP contribution in [0.5, 0.6) is 0 Å². The highest BCUT2D eigenvalue weighted by Crippen LogP contribution is 2.28. The molecule has 0 fully saturated rings. The van der Waals surface area contributed by atoms with Gasteiger partial charge in [-0.05, 0) is 53.6 Å². The van der Waals surface area contributed by atoms with Gasteiger partial charge in [0.15, 0.2) is 0 Å². The fourth-order valence-electron chi connectivity index (χ4n) is 1.97. The van der Waals surface area contributed by atoms with Gasteiger partial charge in [0, 0.05) is 20.7 Å². The topological polar surface area (TPSA) is 49.8 Å². The molecule has 2 aromatic rings. The lowest BCUT2D eigenvalue weighted by Gasteiger charge is -2.15. The molecule has 1 aromatic carbocycles. The molecule has 4 nitrogen and oxygen atoms in total. The van der Waals surface area contributed by atoms with Gasteiger partial charge < -0.3 is 10.6 Å². The molecule has 0 atom stereocenters. The molecular formula is C15H18ClIN4. The molecule has 0 aliphatic rings. The first-order chi connectivity index (χ1) is 10.2. The Kier molecular flexibility index (Phi) is 6.05. The van der Waals surface area contributed by atoms with Crippen LogP contribution in [-0.2, 0) is 6.42 Å². The maximum Gasteiger partial charge on any atom is 0.139 e. The van der Waals surface area contributed by atoms with E-state index in [2.05, 4.69) is 57.0 Å². The Balaban J connectivity index is 2.30. The molecule has 0 amide bonds. The molecule has 112 valence electrons. The lowest BCUT2D eigenvalue weighted by atomic mass is 10.2. The van der Waals surface area contributed by atoms with Crippen LogP contribution in [0.2, 0.25) is 5.02 Å². The monoisotopic (exact) mass is 416 g/mol. The Hall–Kier alpha value is -1.08. The molecule has 0 saturated heterocycles. The van der Waals surface area contributed by atoms with Gasteiger partial charge in [-0.25, -0.2) is 9.97 Å². The van der Waals surface area contributed by atoms with Gasteiger partial charge in [0.05, 0.1) is 5.69 Å². The molecule has 0 bridgehead atoms. The Morgan fingerprint density at radius 3 is 2.62 bits per heavy atom. The van der Waals surface area contributed by atoms with Crippen molar-refractivity contribution in [1.82, 2.24) is 9.97 Å². The molecule has 21 heavy (non-hydrogen) atoms. The highest BCUT2D eigenvalue weighted by Gasteiger charge is 2.11. The average Bonchev–Trinajstić information content (AvgIpc) is 2.48. The van der Waals surface area contributed by atoms with Gasteiger partial charge in [-0.2, -0.15) is 0 Å². The van der Waals surface area contributed by atoms with Crippen LogP contribution in [-0.4, -0.2) is 16.5 Å². The van der Waals surface area contributed by atoms with E-state index in [4.69, 9.17) is 11.6 Å². The normalized spacial score (nSPS) is 10.5. The summed E-state index contributed by atoms with van der Waals surface area (Å²) in [6.45, 7) is 5.14. The van der Waals surface area contributed by atoms with E-state index in [1.165, 1.54) is 0 Å². The molecule has 1 heterocycles. The molecule has 0 spiro atoms. The number of nitrogens with one attached hydrogen (secondary N) is 2. The second-order valence-corrected chi connectivity index (χ2v) is 6.18. The van der Waals surface area contributed by atoms with Crippen molar-refractivity contribution < 1.29 is 0 Å². The van der Waals surface area contributed by atoms with Gasteiger partial charge in [-0.15, -0.1) is 0 Å². The summed E-state index contributed by atoms with van der Waals surface area (Å²) in [5.74, 6) is 1.74. The maximum atomic E-state index is 5.99. The van der Waals surface area contributed by atoms with E-state index in [0.29, 0.717) is 0 Å². The number of anilines is 3. The number of hydrogen-bond acceptors (Lipinski definition) is 4. The minimum atomic E-state index is 0.730. The molecule has 0 radical (unpaired) electrons. The van der Waals surface area contributed by atoms with Crippen molar-refractivity contribution in [2.45, 2.75) is 26.7 Å². The Morgan fingerprint density at radius 2 is 1.95 bits per heavy atom. The fraction of sp³-hybridized carbons (Fsp3) is 0.333. The first-order valence-electron chi connectivity index (χ1n) is 6.95. The van der Waals surface area contributed by atoms with E-state index in [9.17, 15) is 0 Å². The van der Waals surface area contributed by atoms with E-state index >= 15 is 0 Å². The third-order valence-electron chi connectivity index (χ3n) is 3.03. The minimum absolute atomic E-state index is 0.730. The maximum absolute atomic E-state index is 5.99. The van der Waals surface area contributed by atoms with Crippen molar-refractivity contribution in [3.8, 4) is 0 Å². The summed E-state index contributed by atoms with van der Waals surface area (Å²) in [4.78, 5) is 8.72. The molecule has 2 rings (SSSR count). The van der Waals surface area contributed by atoms with Gasteiger partial charge in [0.25, 0.3) is 0 Å². The molecule has 0 unspecified atom stereocenters. The molecular weight excluding hydrogens is 399 g/mol. The van der Waals surface area contributed by atoms with Crippen molar-refractivity contribution in [2.75, 3.05) is 17.2 Å². The van der Waals surface area contributed by atoms with Crippen LogP contribution in [0.25, 0.3) is 0 Å². The number of aromatic nitrogens is 2. The molecule has 0 saturated carbocycles. The third kappa shape index (κ3) is 4.20. The molecule has 6 heteroatoms. The van der Waals surface area contributed by atoms with Crippen LogP contribution in [0.3, 0.4) is 0 Å². The van der Waals surface area contributed by atoms with Crippen molar-refractivity contribution >= 4 is 51.5 Å². The van der Waals surface area contributed by atoms with E-state index in [-0.39, 0.29) is 0 Å². The van der Waals surface area contributed by atoms with Gasteiger partial charge >= 0.3 is 0 Å². The summed E-state index contributed by atoms with van der Waals surface area (Å²) < 4.78 is 1.06. The van der Waals surface area contributed by atoms with Gasteiger partial charge in [-0.1, -0.05) is 25.4 Å². The molecule has 0 aliphatic heterocycles. The predicted octanol–water partition coefficient (Wildman–Crippen LogP) is 4.86. The predicted molar refractivity (Wildman–Crippen MR) is 97.6 cm³/mol. The summed E-state index contributed by atoms with van der Waals surface area (Å²) in [7, 11) is 0. The van der Waals surface area contributed by atoms with Gasteiger partial charge in [-0.3, -0.25) is 0 Å². The first-order valence-corrected chi connectivity index (χ1v) is 8.41. The SMILES string of the molecule is CCCNc1ncnc(Nc2ccc(Cl)cc2I)c1CC. The van der Waals surface area contributed by atoms with Crippen LogP contribution in [0.4, 0.5) is 17.3 Å². The average molecular weight is 417 g/mol. The van der Waals surface area contributed by atoms with E-state index < -0.39 is 0 Å². The fourth-order valence-corrected chi connectivity index (χ4v) is 2.98. The van der Waals surface area contributed by atoms with Gasteiger partial charge in [0.2, 0.25) is 0 Å². The van der Waals surface area contributed by atoms with Crippen LogP contribution in [0, 0.1) is 3.57 Å². The number of benzene rings is 1. The highest BCUT2D eigenvalue weighted by molar-refractivity contribution is 14.1. The van der Waals surface area contributed by atoms with Crippen LogP contribution >= 0.6 is 34.2 Å². The third-order valence-corrected chi connectivity index (χ3v) is 4.15. The Morgan fingerprint density at radius 1 is 1.19 bits per heavy atom. The smallest absolute Gasteiger partial charge is 0.139 e. The lowest BCUT2D eigenvalue weighted by Crippen LogP contribution is -2.09. The summed E-state index contributed by atoms with van der Waals surface area (Å²) in [5.41, 5.74) is 2.09. The summed E-state index contributed by atoms with van der Waals surface area (Å²) in [6, 6.07) is 5.76. The minimum Gasteiger partial charge on any atom is -0.370 e.